The number of thiazole rings is 1. The maximum Gasteiger partial charge on any atom is 0.163 e. The number of nitrogens with one attached hydrogen (secondary N) is 1. The number of hydrogen-bond donors (Lipinski definition) is 1. The van der Waals surface area contributed by atoms with Crippen LogP contribution in [0.1, 0.15) is 24.4 Å². The Kier molecular flexibility index (Phi) is 3.55. The molecular formula is C14H16N2O2S. The Morgan fingerprint density at radius 3 is 2.89 bits per heavy atom. The van der Waals surface area contributed by atoms with Gasteiger partial charge in [-0.2, -0.15) is 0 Å². The highest BCUT2D eigenvalue weighted by Gasteiger charge is 2.13. The molecule has 1 aromatic carbocycles. The van der Waals surface area contributed by atoms with Crippen LogP contribution in [0.2, 0.25) is 0 Å². The number of hydrogen-bond acceptors (Lipinski definition) is 5. The SMILES string of the molecule is CC(Nc1ccc2c(c1)OCCCO2)c1nccs1. The molecule has 1 aliphatic heterocycles. The quantitative estimate of drug-likeness (QED) is 0.932. The zero-order valence-electron chi connectivity index (χ0n) is 10.8. The third kappa shape index (κ3) is 2.81. The van der Waals surface area contributed by atoms with E-state index >= 15 is 0 Å². The van der Waals surface area contributed by atoms with Gasteiger partial charge in [-0.1, -0.05) is 0 Å². The lowest BCUT2D eigenvalue weighted by molar-refractivity contribution is 0.297. The van der Waals surface area contributed by atoms with E-state index in [2.05, 4.69) is 17.2 Å². The van der Waals surface area contributed by atoms with Gasteiger partial charge in [-0.3, -0.25) is 0 Å². The van der Waals surface area contributed by atoms with Crippen molar-refractivity contribution >= 4 is 17.0 Å². The zero-order chi connectivity index (χ0) is 13.1. The van der Waals surface area contributed by atoms with Gasteiger partial charge in [0.1, 0.15) is 5.01 Å². The summed E-state index contributed by atoms with van der Waals surface area (Å²) < 4.78 is 11.3. The molecule has 1 N–H and O–H groups in total. The molecule has 4 nitrogen and oxygen atoms in total. The average molecular weight is 276 g/mol. The monoisotopic (exact) mass is 276 g/mol. The molecular weight excluding hydrogens is 260 g/mol. The molecule has 2 aromatic rings. The van der Waals surface area contributed by atoms with Gasteiger partial charge in [-0.25, -0.2) is 4.98 Å². The molecule has 1 atom stereocenters. The third-order valence-electron chi connectivity index (χ3n) is 2.95. The van der Waals surface area contributed by atoms with Crippen LogP contribution in [0.4, 0.5) is 5.69 Å². The summed E-state index contributed by atoms with van der Waals surface area (Å²) in [6, 6.07) is 6.14. The molecule has 0 saturated carbocycles. The van der Waals surface area contributed by atoms with Crippen molar-refractivity contribution < 1.29 is 9.47 Å². The molecule has 100 valence electrons. The largest absolute Gasteiger partial charge is 0.490 e. The average Bonchev–Trinajstić information content (AvgIpc) is 2.85. The van der Waals surface area contributed by atoms with Crippen LogP contribution < -0.4 is 14.8 Å². The Morgan fingerprint density at radius 2 is 2.11 bits per heavy atom. The molecule has 5 heteroatoms. The van der Waals surface area contributed by atoms with Gasteiger partial charge in [0.05, 0.1) is 19.3 Å². The third-order valence-corrected chi connectivity index (χ3v) is 3.91. The van der Waals surface area contributed by atoms with E-state index in [0.717, 1.165) is 35.2 Å². The van der Waals surface area contributed by atoms with E-state index in [0.29, 0.717) is 6.61 Å². The zero-order valence-corrected chi connectivity index (χ0v) is 11.6. The Hall–Kier alpha value is -1.75. The van der Waals surface area contributed by atoms with Crippen LogP contribution in [-0.4, -0.2) is 18.2 Å². The molecule has 0 bridgehead atoms. The molecule has 0 fully saturated rings. The van der Waals surface area contributed by atoms with Gasteiger partial charge < -0.3 is 14.8 Å². The lowest BCUT2D eigenvalue weighted by atomic mass is 10.2. The van der Waals surface area contributed by atoms with E-state index < -0.39 is 0 Å². The smallest absolute Gasteiger partial charge is 0.163 e. The molecule has 0 aliphatic carbocycles. The minimum atomic E-state index is 0.185. The Morgan fingerprint density at radius 1 is 1.26 bits per heavy atom. The highest BCUT2D eigenvalue weighted by molar-refractivity contribution is 7.09. The van der Waals surface area contributed by atoms with Gasteiger partial charge in [0.15, 0.2) is 11.5 Å². The standard InChI is InChI=1S/C14H16N2O2S/c1-10(14-15-5-8-19-14)16-11-3-4-12-13(9-11)18-7-2-6-17-12/h3-5,8-10,16H,2,6-7H2,1H3. The number of nitrogens with zero attached hydrogens (tertiary/aromatic N) is 1. The van der Waals surface area contributed by atoms with Crippen LogP contribution in [0, 0.1) is 0 Å². The van der Waals surface area contributed by atoms with Gasteiger partial charge in [0.25, 0.3) is 0 Å². The first-order valence-corrected chi connectivity index (χ1v) is 7.26. The lowest BCUT2D eigenvalue weighted by Gasteiger charge is -2.15. The summed E-state index contributed by atoms with van der Waals surface area (Å²) in [6.45, 7) is 3.52. The maximum absolute atomic E-state index is 5.68. The Labute approximate surface area is 116 Å². The summed E-state index contributed by atoms with van der Waals surface area (Å²) in [5, 5.41) is 6.49. The summed E-state index contributed by atoms with van der Waals surface area (Å²) >= 11 is 1.65. The molecule has 19 heavy (non-hydrogen) atoms. The summed E-state index contributed by atoms with van der Waals surface area (Å²) in [6.07, 6.45) is 2.75. The Bertz CT molecular complexity index is 542. The van der Waals surface area contributed by atoms with E-state index in [1.165, 1.54) is 0 Å². The second kappa shape index (κ2) is 5.48. The fourth-order valence-electron chi connectivity index (χ4n) is 2.01. The first-order valence-electron chi connectivity index (χ1n) is 6.38. The number of benzene rings is 1. The van der Waals surface area contributed by atoms with Crippen molar-refractivity contribution in [2.75, 3.05) is 18.5 Å². The van der Waals surface area contributed by atoms with Crippen molar-refractivity contribution in [3.8, 4) is 11.5 Å². The van der Waals surface area contributed by atoms with Crippen LogP contribution in [0.25, 0.3) is 0 Å². The molecule has 3 rings (SSSR count). The number of fused-ring (bicyclic) bond motifs is 1. The van der Waals surface area contributed by atoms with Crippen molar-refractivity contribution in [2.45, 2.75) is 19.4 Å². The van der Waals surface area contributed by atoms with E-state index in [4.69, 9.17) is 9.47 Å². The van der Waals surface area contributed by atoms with Gasteiger partial charge >= 0.3 is 0 Å². The minimum Gasteiger partial charge on any atom is -0.490 e. The summed E-state index contributed by atoms with van der Waals surface area (Å²) in [5.74, 6) is 1.64. The van der Waals surface area contributed by atoms with Crippen LogP contribution in [0.15, 0.2) is 29.8 Å². The molecule has 0 saturated heterocycles. The summed E-state index contributed by atoms with van der Waals surface area (Å²) in [5.41, 5.74) is 1.02. The van der Waals surface area contributed by atoms with Crippen LogP contribution in [0.5, 0.6) is 11.5 Å². The minimum absolute atomic E-state index is 0.185. The first-order chi connectivity index (χ1) is 9.33. The molecule has 1 aromatic heterocycles. The summed E-state index contributed by atoms with van der Waals surface area (Å²) in [7, 11) is 0. The van der Waals surface area contributed by atoms with Crippen molar-refractivity contribution in [3.63, 3.8) is 0 Å². The topological polar surface area (TPSA) is 43.4 Å². The molecule has 0 radical (unpaired) electrons. The van der Waals surface area contributed by atoms with Crippen molar-refractivity contribution in [3.05, 3.63) is 34.8 Å². The van der Waals surface area contributed by atoms with Crippen LogP contribution in [-0.2, 0) is 0 Å². The number of rotatable bonds is 3. The Balaban J connectivity index is 1.76. The number of ether oxygens (including phenoxy) is 2. The maximum atomic E-state index is 5.68. The van der Waals surface area contributed by atoms with E-state index in [1.807, 2.05) is 29.8 Å². The number of anilines is 1. The second-order valence-electron chi connectivity index (χ2n) is 4.45. The van der Waals surface area contributed by atoms with E-state index in [-0.39, 0.29) is 6.04 Å². The number of aromatic nitrogens is 1. The predicted molar refractivity (Wildman–Crippen MR) is 76.2 cm³/mol. The highest BCUT2D eigenvalue weighted by atomic mass is 32.1. The fraction of sp³-hybridized carbons (Fsp3) is 0.357. The second-order valence-corrected chi connectivity index (χ2v) is 5.37. The lowest BCUT2D eigenvalue weighted by Crippen LogP contribution is -2.06. The van der Waals surface area contributed by atoms with Crippen molar-refractivity contribution in [1.82, 2.24) is 4.98 Å². The normalized spacial score (nSPS) is 15.6. The van der Waals surface area contributed by atoms with Gasteiger partial charge in [-0.15, -0.1) is 11.3 Å². The molecule has 2 heterocycles. The van der Waals surface area contributed by atoms with E-state index in [9.17, 15) is 0 Å². The molecule has 0 spiro atoms. The first kappa shape index (κ1) is 12.3. The molecule has 1 unspecified atom stereocenters. The predicted octanol–water partition coefficient (Wildman–Crippen LogP) is 3.48. The van der Waals surface area contributed by atoms with Crippen LogP contribution in [0.3, 0.4) is 0 Å². The van der Waals surface area contributed by atoms with Gasteiger partial charge in [0.2, 0.25) is 0 Å². The molecule has 0 amide bonds. The van der Waals surface area contributed by atoms with Crippen molar-refractivity contribution in [1.29, 1.82) is 0 Å². The van der Waals surface area contributed by atoms with E-state index in [1.54, 1.807) is 11.3 Å². The van der Waals surface area contributed by atoms with Gasteiger partial charge in [0, 0.05) is 29.8 Å². The molecule has 1 aliphatic rings. The van der Waals surface area contributed by atoms with Crippen LogP contribution >= 0.6 is 11.3 Å². The fourth-order valence-corrected chi connectivity index (χ4v) is 2.66. The van der Waals surface area contributed by atoms with Gasteiger partial charge in [-0.05, 0) is 19.1 Å². The van der Waals surface area contributed by atoms with Crippen molar-refractivity contribution in [2.24, 2.45) is 0 Å². The summed E-state index contributed by atoms with van der Waals surface area (Å²) in [4.78, 5) is 4.31. The highest BCUT2D eigenvalue weighted by Crippen LogP contribution is 2.33.